The van der Waals surface area contributed by atoms with Crippen LogP contribution in [0.5, 0.6) is 11.5 Å². The lowest BCUT2D eigenvalue weighted by Gasteiger charge is -2.14. The van der Waals surface area contributed by atoms with Gasteiger partial charge in [0.05, 0.1) is 25.5 Å². The molecule has 6 nitrogen and oxygen atoms in total. The van der Waals surface area contributed by atoms with Crippen molar-refractivity contribution in [3.8, 4) is 22.9 Å². The van der Waals surface area contributed by atoms with Crippen LogP contribution in [0.25, 0.3) is 11.4 Å². The van der Waals surface area contributed by atoms with E-state index in [-0.39, 0.29) is 0 Å². The number of nitrogens with zero attached hydrogens (tertiary/aromatic N) is 4. The van der Waals surface area contributed by atoms with Gasteiger partial charge in [0, 0.05) is 31.2 Å². The standard InChI is InChI=1S/C19H24N4O2/c1-14-13-15(2)23(21-14)11-6-10-22-12-9-20-19(22)16-7-5-8-17(24-3)18(16)25-4/h5,7-9,12-13H,6,10-11H2,1-4H3. The number of methoxy groups -OCH3 is 2. The molecule has 3 aromatic rings. The first-order chi connectivity index (χ1) is 12.1. The van der Waals surface area contributed by atoms with Gasteiger partial charge in [-0.15, -0.1) is 0 Å². The highest BCUT2D eigenvalue weighted by atomic mass is 16.5. The molecule has 0 amide bonds. The Balaban J connectivity index is 1.78. The smallest absolute Gasteiger partial charge is 0.171 e. The molecule has 1 aromatic carbocycles. The van der Waals surface area contributed by atoms with Crippen molar-refractivity contribution in [1.29, 1.82) is 0 Å². The molecular formula is C19H24N4O2. The first kappa shape index (κ1) is 17.1. The largest absolute Gasteiger partial charge is 0.493 e. The van der Waals surface area contributed by atoms with Gasteiger partial charge in [-0.1, -0.05) is 6.07 Å². The third-order valence-electron chi connectivity index (χ3n) is 4.23. The third-order valence-corrected chi connectivity index (χ3v) is 4.23. The van der Waals surface area contributed by atoms with Crippen LogP contribution >= 0.6 is 0 Å². The Labute approximate surface area is 148 Å². The van der Waals surface area contributed by atoms with Gasteiger partial charge in [0.25, 0.3) is 0 Å². The molecule has 25 heavy (non-hydrogen) atoms. The summed E-state index contributed by atoms with van der Waals surface area (Å²) in [5.74, 6) is 2.29. The van der Waals surface area contributed by atoms with E-state index in [1.54, 1.807) is 14.2 Å². The number of hydrogen-bond acceptors (Lipinski definition) is 4. The Morgan fingerprint density at radius 3 is 2.60 bits per heavy atom. The van der Waals surface area contributed by atoms with Gasteiger partial charge in [0.15, 0.2) is 11.5 Å². The van der Waals surface area contributed by atoms with Gasteiger partial charge in [0.2, 0.25) is 0 Å². The predicted molar refractivity (Wildman–Crippen MR) is 97.1 cm³/mol. The summed E-state index contributed by atoms with van der Waals surface area (Å²) < 4.78 is 15.1. The van der Waals surface area contributed by atoms with E-state index in [0.29, 0.717) is 11.5 Å². The van der Waals surface area contributed by atoms with Crippen LogP contribution in [-0.4, -0.2) is 33.6 Å². The van der Waals surface area contributed by atoms with Gasteiger partial charge in [0.1, 0.15) is 5.82 Å². The van der Waals surface area contributed by atoms with E-state index in [9.17, 15) is 0 Å². The molecule has 2 heterocycles. The minimum atomic E-state index is 0.705. The van der Waals surface area contributed by atoms with Crippen LogP contribution in [0.1, 0.15) is 17.8 Å². The fourth-order valence-electron chi connectivity index (χ4n) is 3.09. The average Bonchev–Trinajstić information content (AvgIpc) is 3.20. The van der Waals surface area contributed by atoms with E-state index in [4.69, 9.17) is 9.47 Å². The van der Waals surface area contributed by atoms with E-state index in [2.05, 4.69) is 32.3 Å². The zero-order chi connectivity index (χ0) is 17.8. The highest BCUT2D eigenvalue weighted by molar-refractivity contribution is 5.69. The molecule has 2 aromatic heterocycles. The maximum absolute atomic E-state index is 5.55. The molecule has 0 bridgehead atoms. The Bertz CT molecular complexity index is 851. The second-order valence-corrected chi connectivity index (χ2v) is 5.99. The summed E-state index contributed by atoms with van der Waals surface area (Å²) in [5, 5.41) is 4.51. The lowest BCUT2D eigenvalue weighted by atomic mass is 10.1. The highest BCUT2D eigenvalue weighted by Crippen LogP contribution is 2.37. The molecule has 0 spiro atoms. The Kier molecular flexibility index (Phi) is 5.07. The lowest BCUT2D eigenvalue weighted by Crippen LogP contribution is -2.07. The topological polar surface area (TPSA) is 54.1 Å². The maximum atomic E-state index is 5.55. The summed E-state index contributed by atoms with van der Waals surface area (Å²) >= 11 is 0. The number of ether oxygens (including phenoxy) is 2. The highest BCUT2D eigenvalue weighted by Gasteiger charge is 2.15. The average molecular weight is 340 g/mol. The minimum absolute atomic E-state index is 0.705. The van der Waals surface area contributed by atoms with Crippen LogP contribution in [0.4, 0.5) is 0 Å². The molecule has 0 N–H and O–H groups in total. The lowest BCUT2D eigenvalue weighted by molar-refractivity contribution is 0.356. The van der Waals surface area contributed by atoms with Crippen molar-refractivity contribution < 1.29 is 9.47 Å². The van der Waals surface area contributed by atoms with Crippen molar-refractivity contribution in [3.05, 3.63) is 48.0 Å². The van der Waals surface area contributed by atoms with Crippen LogP contribution in [-0.2, 0) is 13.1 Å². The van der Waals surface area contributed by atoms with Crippen molar-refractivity contribution in [2.75, 3.05) is 14.2 Å². The first-order valence-corrected chi connectivity index (χ1v) is 8.37. The molecule has 0 saturated carbocycles. The summed E-state index contributed by atoms with van der Waals surface area (Å²) in [6.07, 6.45) is 4.78. The van der Waals surface area contributed by atoms with Crippen molar-refractivity contribution in [2.45, 2.75) is 33.4 Å². The molecule has 0 aliphatic carbocycles. The molecule has 0 atom stereocenters. The Morgan fingerprint density at radius 1 is 1.08 bits per heavy atom. The van der Waals surface area contributed by atoms with Gasteiger partial charge >= 0.3 is 0 Å². The van der Waals surface area contributed by atoms with Gasteiger partial charge in [-0.25, -0.2) is 4.98 Å². The first-order valence-electron chi connectivity index (χ1n) is 8.37. The monoisotopic (exact) mass is 340 g/mol. The number of aromatic nitrogens is 4. The van der Waals surface area contributed by atoms with E-state index < -0.39 is 0 Å². The van der Waals surface area contributed by atoms with Crippen LogP contribution in [0, 0.1) is 13.8 Å². The zero-order valence-corrected chi connectivity index (χ0v) is 15.2. The normalized spacial score (nSPS) is 10.9. The van der Waals surface area contributed by atoms with Crippen LogP contribution in [0.3, 0.4) is 0 Å². The molecule has 6 heteroatoms. The minimum Gasteiger partial charge on any atom is -0.493 e. The summed E-state index contributed by atoms with van der Waals surface area (Å²) in [6, 6.07) is 7.94. The molecule has 0 aliphatic heterocycles. The van der Waals surface area contributed by atoms with E-state index >= 15 is 0 Å². The number of para-hydroxylation sites is 1. The van der Waals surface area contributed by atoms with Crippen molar-refractivity contribution in [2.24, 2.45) is 0 Å². The summed E-state index contributed by atoms with van der Waals surface area (Å²) in [5.41, 5.74) is 3.18. The van der Waals surface area contributed by atoms with Crippen LogP contribution in [0.15, 0.2) is 36.7 Å². The van der Waals surface area contributed by atoms with Crippen molar-refractivity contribution in [3.63, 3.8) is 0 Å². The number of imidazole rings is 1. The van der Waals surface area contributed by atoms with E-state index in [1.165, 1.54) is 5.69 Å². The Morgan fingerprint density at radius 2 is 1.92 bits per heavy atom. The fraction of sp³-hybridized carbons (Fsp3) is 0.368. The Hall–Kier alpha value is -2.76. The molecule has 132 valence electrons. The molecule has 0 saturated heterocycles. The second-order valence-electron chi connectivity index (χ2n) is 5.99. The SMILES string of the molecule is COc1cccc(-c2nccn2CCCn2nc(C)cc2C)c1OC. The number of hydrogen-bond donors (Lipinski definition) is 0. The molecule has 0 radical (unpaired) electrons. The molecule has 0 aliphatic rings. The number of aryl methyl sites for hydroxylation is 4. The van der Waals surface area contributed by atoms with Crippen molar-refractivity contribution >= 4 is 0 Å². The van der Waals surface area contributed by atoms with E-state index in [1.807, 2.05) is 37.5 Å². The molecule has 3 rings (SSSR count). The summed E-state index contributed by atoms with van der Waals surface area (Å²) in [6.45, 7) is 5.84. The number of rotatable bonds is 7. The molecule has 0 unspecified atom stereocenters. The van der Waals surface area contributed by atoms with E-state index in [0.717, 1.165) is 36.6 Å². The van der Waals surface area contributed by atoms with Gasteiger partial charge in [-0.05, 0) is 38.5 Å². The summed E-state index contributed by atoms with van der Waals surface area (Å²) in [7, 11) is 3.29. The van der Waals surface area contributed by atoms with Gasteiger partial charge in [-0.2, -0.15) is 5.10 Å². The summed E-state index contributed by atoms with van der Waals surface area (Å²) in [4.78, 5) is 4.52. The van der Waals surface area contributed by atoms with Crippen LogP contribution < -0.4 is 9.47 Å². The van der Waals surface area contributed by atoms with Crippen LogP contribution in [0.2, 0.25) is 0 Å². The number of benzene rings is 1. The van der Waals surface area contributed by atoms with Gasteiger partial charge < -0.3 is 14.0 Å². The quantitative estimate of drug-likeness (QED) is 0.661. The van der Waals surface area contributed by atoms with Crippen molar-refractivity contribution in [1.82, 2.24) is 19.3 Å². The fourth-order valence-corrected chi connectivity index (χ4v) is 3.09. The third kappa shape index (κ3) is 3.52. The van der Waals surface area contributed by atoms with Gasteiger partial charge in [-0.3, -0.25) is 4.68 Å². The maximum Gasteiger partial charge on any atom is 0.171 e. The zero-order valence-electron chi connectivity index (χ0n) is 15.2. The molecular weight excluding hydrogens is 316 g/mol. The second kappa shape index (κ2) is 7.42. The predicted octanol–water partition coefficient (Wildman–Crippen LogP) is 3.47. The molecule has 0 fully saturated rings.